The van der Waals surface area contributed by atoms with Crippen molar-refractivity contribution in [3.63, 3.8) is 0 Å². The van der Waals surface area contributed by atoms with Crippen LogP contribution >= 0.6 is 0 Å². The Hall–Kier alpha value is -2.84. The fourth-order valence-corrected chi connectivity index (χ4v) is 4.74. The number of anilines is 1. The minimum absolute atomic E-state index is 0.111. The van der Waals surface area contributed by atoms with Gasteiger partial charge in [-0.25, -0.2) is 0 Å². The fraction of sp³-hybridized carbons (Fsp3) is 0.462. The second-order valence-electron chi connectivity index (χ2n) is 8.86. The van der Waals surface area contributed by atoms with E-state index in [9.17, 15) is 4.79 Å². The molecule has 0 aromatic heterocycles. The van der Waals surface area contributed by atoms with Gasteiger partial charge in [-0.15, -0.1) is 0 Å². The maximum Gasteiger partial charge on any atom is 0.223 e. The molecule has 0 spiro atoms. The van der Waals surface area contributed by atoms with Crippen LogP contribution in [0.1, 0.15) is 41.5 Å². The average Bonchev–Trinajstić information content (AvgIpc) is 2.82. The SMILES string of the molecule is Cc1ccc2c(c1)CCN(CCCNC(=O)C1CCN(c3ccc(C#N)cc3)CC1)C2. The standard InChI is InChI=1S/C26H32N4O/c1-20-3-6-24-19-29(14-9-23(24)17-20)13-2-12-28-26(31)22-10-15-30(16-11-22)25-7-4-21(18-27)5-8-25/h3-8,17,22H,2,9-16,19H2,1H3,(H,28,31). The highest BCUT2D eigenvalue weighted by molar-refractivity contribution is 5.79. The summed E-state index contributed by atoms with van der Waals surface area (Å²) in [6.07, 6.45) is 3.89. The number of carbonyl (C=O) groups is 1. The smallest absolute Gasteiger partial charge is 0.223 e. The third-order valence-electron chi connectivity index (χ3n) is 6.63. The normalized spacial score (nSPS) is 17.1. The number of carbonyl (C=O) groups excluding carboxylic acids is 1. The molecular formula is C26H32N4O. The number of hydrogen-bond donors (Lipinski definition) is 1. The number of aryl methyl sites for hydroxylation is 1. The molecule has 2 aromatic carbocycles. The van der Waals surface area contributed by atoms with E-state index in [-0.39, 0.29) is 11.8 Å². The van der Waals surface area contributed by atoms with E-state index in [1.165, 1.54) is 16.7 Å². The molecule has 0 saturated carbocycles. The number of hydrogen-bond acceptors (Lipinski definition) is 4. The molecular weight excluding hydrogens is 384 g/mol. The van der Waals surface area contributed by atoms with Crippen molar-refractivity contribution in [1.29, 1.82) is 5.26 Å². The van der Waals surface area contributed by atoms with Gasteiger partial charge in [0, 0.05) is 50.9 Å². The number of nitrogens with one attached hydrogen (secondary N) is 1. The van der Waals surface area contributed by atoms with Gasteiger partial charge in [0.1, 0.15) is 0 Å². The lowest BCUT2D eigenvalue weighted by Gasteiger charge is -2.33. The van der Waals surface area contributed by atoms with Gasteiger partial charge in [0.05, 0.1) is 11.6 Å². The summed E-state index contributed by atoms with van der Waals surface area (Å²) in [7, 11) is 0. The van der Waals surface area contributed by atoms with Crippen molar-refractivity contribution in [2.75, 3.05) is 37.6 Å². The highest BCUT2D eigenvalue weighted by Crippen LogP contribution is 2.24. The Balaban J connectivity index is 1.15. The van der Waals surface area contributed by atoms with E-state index in [1.54, 1.807) is 0 Å². The first-order chi connectivity index (χ1) is 15.1. The van der Waals surface area contributed by atoms with Gasteiger partial charge in [0.15, 0.2) is 0 Å². The molecule has 4 rings (SSSR count). The van der Waals surface area contributed by atoms with Crippen molar-refractivity contribution >= 4 is 11.6 Å². The number of nitriles is 1. The number of benzene rings is 2. The molecule has 0 unspecified atom stereocenters. The Morgan fingerprint density at radius 2 is 1.87 bits per heavy atom. The third kappa shape index (κ3) is 5.45. The predicted molar refractivity (Wildman–Crippen MR) is 124 cm³/mol. The fourth-order valence-electron chi connectivity index (χ4n) is 4.74. The Morgan fingerprint density at radius 1 is 1.10 bits per heavy atom. The third-order valence-corrected chi connectivity index (χ3v) is 6.63. The zero-order valence-corrected chi connectivity index (χ0v) is 18.4. The molecule has 2 aliphatic heterocycles. The van der Waals surface area contributed by atoms with Crippen LogP contribution in [0.25, 0.3) is 0 Å². The second-order valence-corrected chi connectivity index (χ2v) is 8.86. The van der Waals surface area contributed by atoms with Crippen molar-refractivity contribution in [1.82, 2.24) is 10.2 Å². The number of fused-ring (bicyclic) bond motifs is 1. The van der Waals surface area contributed by atoms with E-state index in [1.807, 2.05) is 24.3 Å². The lowest BCUT2D eigenvalue weighted by atomic mass is 9.95. The van der Waals surface area contributed by atoms with Crippen molar-refractivity contribution in [2.24, 2.45) is 5.92 Å². The molecule has 1 saturated heterocycles. The van der Waals surface area contributed by atoms with Crippen LogP contribution in [0.5, 0.6) is 0 Å². The number of rotatable bonds is 6. The first-order valence-corrected chi connectivity index (χ1v) is 11.5. The molecule has 1 amide bonds. The van der Waals surface area contributed by atoms with Gasteiger partial charge < -0.3 is 10.2 Å². The first-order valence-electron chi connectivity index (χ1n) is 11.5. The summed E-state index contributed by atoms with van der Waals surface area (Å²) >= 11 is 0. The van der Waals surface area contributed by atoms with Gasteiger partial charge in [-0.05, 0) is 68.0 Å². The van der Waals surface area contributed by atoms with Crippen LogP contribution in [0, 0.1) is 24.2 Å². The highest BCUT2D eigenvalue weighted by Gasteiger charge is 2.25. The van der Waals surface area contributed by atoms with Crippen LogP contribution in [-0.4, -0.2) is 43.5 Å². The molecule has 5 heteroatoms. The molecule has 1 fully saturated rings. The maximum atomic E-state index is 12.6. The molecule has 0 atom stereocenters. The van der Waals surface area contributed by atoms with Crippen LogP contribution in [-0.2, 0) is 17.8 Å². The van der Waals surface area contributed by atoms with Crippen LogP contribution in [0.2, 0.25) is 0 Å². The summed E-state index contributed by atoms with van der Waals surface area (Å²) in [6, 6.07) is 16.7. The molecule has 1 N–H and O–H groups in total. The monoisotopic (exact) mass is 416 g/mol. The number of amides is 1. The van der Waals surface area contributed by atoms with E-state index in [4.69, 9.17) is 5.26 Å². The van der Waals surface area contributed by atoms with Gasteiger partial charge in [-0.3, -0.25) is 9.69 Å². The van der Waals surface area contributed by atoms with Crippen molar-refractivity contribution < 1.29 is 4.79 Å². The van der Waals surface area contributed by atoms with E-state index in [0.29, 0.717) is 5.56 Å². The van der Waals surface area contributed by atoms with Gasteiger partial charge in [0.2, 0.25) is 5.91 Å². The Kier molecular flexibility index (Phi) is 6.89. The average molecular weight is 417 g/mol. The molecule has 0 aliphatic carbocycles. The van der Waals surface area contributed by atoms with Crippen molar-refractivity contribution in [2.45, 2.75) is 39.2 Å². The van der Waals surface area contributed by atoms with E-state index >= 15 is 0 Å². The zero-order chi connectivity index (χ0) is 21.6. The molecule has 31 heavy (non-hydrogen) atoms. The van der Waals surface area contributed by atoms with Crippen molar-refractivity contribution in [3.8, 4) is 6.07 Å². The molecule has 0 bridgehead atoms. The van der Waals surface area contributed by atoms with Crippen LogP contribution < -0.4 is 10.2 Å². The summed E-state index contributed by atoms with van der Waals surface area (Å²) in [5.74, 6) is 0.318. The zero-order valence-electron chi connectivity index (χ0n) is 18.4. The predicted octanol–water partition coefficient (Wildman–Crippen LogP) is 3.65. The lowest BCUT2D eigenvalue weighted by Crippen LogP contribution is -2.41. The first kappa shape index (κ1) is 21.4. The Bertz CT molecular complexity index is 939. The summed E-state index contributed by atoms with van der Waals surface area (Å²) in [5, 5.41) is 12.1. The van der Waals surface area contributed by atoms with Gasteiger partial charge in [-0.2, -0.15) is 5.26 Å². The molecule has 162 valence electrons. The van der Waals surface area contributed by atoms with Crippen LogP contribution in [0.15, 0.2) is 42.5 Å². The van der Waals surface area contributed by atoms with E-state index in [0.717, 1.165) is 70.6 Å². The maximum absolute atomic E-state index is 12.6. The van der Waals surface area contributed by atoms with Crippen LogP contribution in [0.4, 0.5) is 5.69 Å². The van der Waals surface area contributed by atoms with Gasteiger partial charge in [0.25, 0.3) is 0 Å². The molecule has 5 nitrogen and oxygen atoms in total. The minimum atomic E-state index is 0.111. The summed E-state index contributed by atoms with van der Waals surface area (Å²) in [5.41, 5.74) is 6.11. The van der Waals surface area contributed by atoms with E-state index < -0.39 is 0 Å². The molecule has 2 aromatic rings. The summed E-state index contributed by atoms with van der Waals surface area (Å²) in [4.78, 5) is 17.4. The van der Waals surface area contributed by atoms with Crippen molar-refractivity contribution in [3.05, 3.63) is 64.7 Å². The summed E-state index contributed by atoms with van der Waals surface area (Å²) in [6.45, 7) is 7.85. The topological polar surface area (TPSA) is 59.4 Å². The summed E-state index contributed by atoms with van der Waals surface area (Å²) < 4.78 is 0. The minimum Gasteiger partial charge on any atom is -0.371 e. The van der Waals surface area contributed by atoms with Gasteiger partial charge >= 0.3 is 0 Å². The molecule has 2 heterocycles. The van der Waals surface area contributed by atoms with Crippen LogP contribution in [0.3, 0.4) is 0 Å². The Labute approximate surface area is 185 Å². The molecule has 0 radical (unpaired) electrons. The quantitative estimate of drug-likeness (QED) is 0.731. The number of nitrogens with zero attached hydrogens (tertiary/aromatic N) is 3. The van der Waals surface area contributed by atoms with Gasteiger partial charge in [-0.1, -0.05) is 23.8 Å². The second kappa shape index (κ2) is 9.98. The molecule has 2 aliphatic rings. The van der Waals surface area contributed by atoms with E-state index in [2.05, 4.69) is 46.3 Å². The number of piperidine rings is 1. The highest BCUT2D eigenvalue weighted by atomic mass is 16.1. The lowest BCUT2D eigenvalue weighted by molar-refractivity contribution is -0.125. The largest absolute Gasteiger partial charge is 0.371 e. The Morgan fingerprint density at radius 3 is 2.61 bits per heavy atom.